The highest BCUT2D eigenvalue weighted by molar-refractivity contribution is 7.17. The van der Waals surface area contributed by atoms with Gasteiger partial charge in [-0.25, -0.2) is 9.97 Å². The molecule has 3 heterocycles. The molecule has 0 bridgehead atoms. The van der Waals surface area contributed by atoms with Crippen LogP contribution in [-0.4, -0.2) is 34.3 Å². The van der Waals surface area contributed by atoms with Crippen molar-refractivity contribution in [1.29, 1.82) is 0 Å². The fraction of sp³-hybridized carbons (Fsp3) is 0.500. The zero-order chi connectivity index (χ0) is 11.8. The molecular formula is C12H15N3OS. The zero-order valence-corrected chi connectivity index (χ0v) is 10.6. The molecular weight excluding hydrogens is 234 g/mol. The Balaban J connectivity index is 2.13. The van der Waals surface area contributed by atoms with E-state index in [2.05, 4.69) is 27.2 Å². The zero-order valence-electron chi connectivity index (χ0n) is 9.76. The first-order valence-corrected chi connectivity index (χ1v) is 6.75. The van der Waals surface area contributed by atoms with Crippen LogP contribution in [0.4, 0.5) is 5.82 Å². The molecule has 1 unspecified atom stereocenters. The van der Waals surface area contributed by atoms with Gasteiger partial charge >= 0.3 is 0 Å². The largest absolute Gasteiger partial charge is 0.394 e. The van der Waals surface area contributed by atoms with Crippen molar-refractivity contribution in [2.75, 3.05) is 18.1 Å². The van der Waals surface area contributed by atoms with E-state index in [1.165, 1.54) is 5.56 Å². The van der Waals surface area contributed by atoms with E-state index in [4.69, 9.17) is 0 Å². The Morgan fingerprint density at radius 1 is 1.53 bits per heavy atom. The Morgan fingerprint density at radius 2 is 2.41 bits per heavy atom. The van der Waals surface area contributed by atoms with E-state index in [9.17, 15) is 5.11 Å². The number of nitrogens with zero attached hydrogens (tertiary/aromatic N) is 3. The highest BCUT2D eigenvalue weighted by Crippen LogP contribution is 2.34. The lowest BCUT2D eigenvalue weighted by atomic mass is 10.2. The number of hydrogen-bond donors (Lipinski definition) is 1. The summed E-state index contributed by atoms with van der Waals surface area (Å²) < 4.78 is 0. The average Bonchev–Trinajstić information content (AvgIpc) is 2.96. The summed E-state index contributed by atoms with van der Waals surface area (Å²) in [5.74, 6) is 0.991. The topological polar surface area (TPSA) is 49.2 Å². The third-order valence-electron chi connectivity index (χ3n) is 3.39. The van der Waals surface area contributed by atoms with E-state index < -0.39 is 0 Å². The van der Waals surface area contributed by atoms with Gasteiger partial charge in [0.05, 0.1) is 18.0 Å². The molecule has 1 atom stereocenters. The minimum absolute atomic E-state index is 0.203. The molecule has 2 aromatic rings. The fourth-order valence-electron chi connectivity index (χ4n) is 2.52. The summed E-state index contributed by atoms with van der Waals surface area (Å²) in [6.07, 6.45) is 3.80. The molecule has 1 aliphatic rings. The van der Waals surface area contributed by atoms with Crippen LogP contribution in [-0.2, 0) is 0 Å². The molecule has 1 aliphatic heterocycles. The summed E-state index contributed by atoms with van der Waals surface area (Å²) in [4.78, 5) is 12.0. The van der Waals surface area contributed by atoms with Crippen LogP contribution in [0.25, 0.3) is 10.2 Å². The third-order valence-corrected chi connectivity index (χ3v) is 4.40. The Labute approximate surface area is 104 Å². The predicted octanol–water partition coefficient (Wildman–Crippen LogP) is 1.96. The van der Waals surface area contributed by atoms with Crippen molar-refractivity contribution in [3.8, 4) is 0 Å². The second-order valence-corrected chi connectivity index (χ2v) is 5.33. The molecule has 4 nitrogen and oxygen atoms in total. The molecule has 5 heteroatoms. The van der Waals surface area contributed by atoms with Gasteiger partial charge in [0.1, 0.15) is 17.0 Å². The maximum atomic E-state index is 9.41. The smallest absolute Gasteiger partial charge is 0.141 e. The van der Waals surface area contributed by atoms with Crippen molar-refractivity contribution < 1.29 is 5.11 Å². The number of hydrogen-bond acceptors (Lipinski definition) is 5. The van der Waals surface area contributed by atoms with Gasteiger partial charge in [0, 0.05) is 6.54 Å². The summed E-state index contributed by atoms with van der Waals surface area (Å²) in [7, 11) is 0. The Kier molecular flexibility index (Phi) is 2.72. The highest BCUT2D eigenvalue weighted by Gasteiger charge is 2.27. The molecule has 0 saturated carbocycles. The van der Waals surface area contributed by atoms with Crippen LogP contribution >= 0.6 is 11.3 Å². The predicted molar refractivity (Wildman–Crippen MR) is 69.6 cm³/mol. The number of aryl methyl sites for hydroxylation is 1. The number of rotatable bonds is 2. The number of aromatic nitrogens is 2. The van der Waals surface area contributed by atoms with Crippen LogP contribution in [0.15, 0.2) is 11.7 Å². The molecule has 3 rings (SSSR count). The van der Waals surface area contributed by atoms with Gasteiger partial charge in [-0.2, -0.15) is 0 Å². The maximum absolute atomic E-state index is 9.41. The lowest BCUT2D eigenvalue weighted by molar-refractivity contribution is 0.266. The molecule has 0 amide bonds. The van der Waals surface area contributed by atoms with Crippen molar-refractivity contribution in [2.45, 2.75) is 25.8 Å². The van der Waals surface area contributed by atoms with E-state index >= 15 is 0 Å². The first kappa shape index (κ1) is 10.9. The van der Waals surface area contributed by atoms with Crippen LogP contribution in [0.5, 0.6) is 0 Å². The van der Waals surface area contributed by atoms with E-state index in [1.807, 2.05) is 0 Å². The first-order valence-electron chi connectivity index (χ1n) is 5.87. The van der Waals surface area contributed by atoms with Gasteiger partial charge in [0.2, 0.25) is 0 Å². The van der Waals surface area contributed by atoms with Crippen molar-refractivity contribution in [3.63, 3.8) is 0 Å². The summed E-state index contributed by atoms with van der Waals surface area (Å²) in [6.45, 7) is 3.27. The van der Waals surface area contributed by atoms with Gasteiger partial charge in [-0.15, -0.1) is 11.3 Å². The van der Waals surface area contributed by atoms with Crippen molar-refractivity contribution in [1.82, 2.24) is 9.97 Å². The van der Waals surface area contributed by atoms with Crippen LogP contribution in [0, 0.1) is 6.92 Å². The molecule has 1 fully saturated rings. The monoisotopic (exact) mass is 249 g/mol. The molecule has 17 heavy (non-hydrogen) atoms. The number of thiophene rings is 1. The summed E-state index contributed by atoms with van der Waals surface area (Å²) in [5, 5.41) is 12.7. The van der Waals surface area contributed by atoms with Gasteiger partial charge in [0.25, 0.3) is 0 Å². The molecule has 0 aromatic carbocycles. The molecule has 1 saturated heterocycles. The lowest BCUT2D eigenvalue weighted by Crippen LogP contribution is -2.32. The number of aliphatic hydroxyl groups excluding tert-OH is 1. The Bertz CT molecular complexity index is 540. The third kappa shape index (κ3) is 1.70. The van der Waals surface area contributed by atoms with Crippen LogP contribution < -0.4 is 4.90 Å². The van der Waals surface area contributed by atoms with Crippen LogP contribution in [0.2, 0.25) is 0 Å². The molecule has 2 aromatic heterocycles. The standard InChI is InChI=1S/C12H15N3OS/c1-8-6-17-12-10(8)11(13-7-14-12)15-4-2-3-9(15)5-16/h6-7,9,16H,2-5H2,1H3. The molecule has 0 aliphatic carbocycles. The summed E-state index contributed by atoms with van der Waals surface area (Å²) in [5.41, 5.74) is 1.23. The van der Waals surface area contributed by atoms with Crippen molar-refractivity contribution in [2.24, 2.45) is 0 Å². The van der Waals surface area contributed by atoms with E-state index in [0.717, 1.165) is 35.4 Å². The molecule has 1 N–H and O–H groups in total. The van der Waals surface area contributed by atoms with E-state index in [1.54, 1.807) is 17.7 Å². The second kappa shape index (κ2) is 4.23. The van der Waals surface area contributed by atoms with E-state index in [-0.39, 0.29) is 12.6 Å². The van der Waals surface area contributed by atoms with Gasteiger partial charge in [-0.1, -0.05) is 0 Å². The second-order valence-electron chi connectivity index (χ2n) is 4.47. The molecule has 0 spiro atoms. The first-order chi connectivity index (χ1) is 8.31. The number of fused-ring (bicyclic) bond motifs is 1. The quantitative estimate of drug-likeness (QED) is 0.884. The SMILES string of the molecule is Cc1csc2ncnc(N3CCCC3CO)c12. The van der Waals surface area contributed by atoms with Crippen LogP contribution in [0.3, 0.4) is 0 Å². The fourth-order valence-corrected chi connectivity index (χ4v) is 3.40. The lowest BCUT2D eigenvalue weighted by Gasteiger charge is -2.24. The van der Waals surface area contributed by atoms with E-state index in [0.29, 0.717) is 0 Å². The molecule has 90 valence electrons. The minimum atomic E-state index is 0.203. The maximum Gasteiger partial charge on any atom is 0.141 e. The van der Waals surface area contributed by atoms with Gasteiger partial charge in [0.15, 0.2) is 0 Å². The molecule has 0 radical (unpaired) electrons. The summed E-state index contributed by atoms with van der Waals surface area (Å²) >= 11 is 1.66. The highest BCUT2D eigenvalue weighted by atomic mass is 32.1. The van der Waals surface area contributed by atoms with Crippen molar-refractivity contribution in [3.05, 3.63) is 17.3 Å². The Morgan fingerprint density at radius 3 is 3.24 bits per heavy atom. The average molecular weight is 249 g/mol. The summed E-state index contributed by atoms with van der Waals surface area (Å²) in [6, 6.07) is 0.215. The van der Waals surface area contributed by atoms with Crippen LogP contribution in [0.1, 0.15) is 18.4 Å². The Hall–Kier alpha value is -1.20. The minimum Gasteiger partial charge on any atom is -0.394 e. The van der Waals surface area contributed by atoms with Crippen molar-refractivity contribution >= 4 is 27.4 Å². The normalized spacial score (nSPS) is 20.4. The van der Waals surface area contributed by atoms with Gasteiger partial charge < -0.3 is 10.0 Å². The number of anilines is 1. The van der Waals surface area contributed by atoms with Gasteiger partial charge in [-0.3, -0.25) is 0 Å². The number of aliphatic hydroxyl groups is 1. The van der Waals surface area contributed by atoms with Gasteiger partial charge in [-0.05, 0) is 30.7 Å².